The first-order valence-corrected chi connectivity index (χ1v) is 5.96. The maximum atomic E-state index is 11.6. The second kappa shape index (κ2) is 4.65. The average molecular weight is 268 g/mol. The van der Waals surface area contributed by atoms with Crippen LogP contribution in [-0.4, -0.2) is 27.6 Å². The average Bonchev–Trinajstić information content (AvgIpc) is 2.87. The number of ether oxygens (including phenoxy) is 1. The lowest BCUT2D eigenvalue weighted by atomic mass is 10.1. The van der Waals surface area contributed by atoms with Crippen molar-refractivity contribution in [1.29, 1.82) is 0 Å². The van der Waals surface area contributed by atoms with Gasteiger partial charge < -0.3 is 10.5 Å². The van der Waals surface area contributed by atoms with Crippen LogP contribution in [0.15, 0.2) is 43.0 Å². The van der Waals surface area contributed by atoms with Crippen LogP contribution in [0.1, 0.15) is 10.5 Å². The molecule has 6 heteroatoms. The zero-order valence-corrected chi connectivity index (χ0v) is 10.8. The summed E-state index contributed by atoms with van der Waals surface area (Å²) in [6.07, 6.45) is 4.99. The molecule has 0 amide bonds. The summed E-state index contributed by atoms with van der Waals surface area (Å²) in [4.78, 5) is 19.7. The van der Waals surface area contributed by atoms with Crippen molar-refractivity contribution in [2.24, 2.45) is 0 Å². The number of methoxy groups -OCH3 is 1. The summed E-state index contributed by atoms with van der Waals surface area (Å²) in [6.45, 7) is 0. The van der Waals surface area contributed by atoms with Crippen LogP contribution in [-0.2, 0) is 4.74 Å². The van der Waals surface area contributed by atoms with E-state index in [1.807, 2.05) is 24.3 Å². The van der Waals surface area contributed by atoms with Gasteiger partial charge in [-0.05, 0) is 12.1 Å². The van der Waals surface area contributed by atoms with Gasteiger partial charge in [0.05, 0.1) is 12.8 Å². The van der Waals surface area contributed by atoms with Crippen LogP contribution in [0.25, 0.3) is 16.5 Å². The molecule has 0 fully saturated rings. The van der Waals surface area contributed by atoms with E-state index in [0.29, 0.717) is 0 Å². The van der Waals surface area contributed by atoms with E-state index in [2.05, 4.69) is 14.7 Å². The van der Waals surface area contributed by atoms with Crippen LogP contribution in [0.3, 0.4) is 0 Å². The standard InChI is InChI=1S/C14H12N4O2/c1-20-14(19)12-13(15)18(8-17-12)11-4-2-3-9-7-16-6-5-10(9)11/h2-8H,15H2,1H3. The molecular weight excluding hydrogens is 256 g/mol. The molecule has 0 radical (unpaired) electrons. The highest BCUT2D eigenvalue weighted by Gasteiger charge is 2.17. The Kier molecular flexibility index (Phi) is 2.83. The van der Waals surface area contributed by atoms with Crippen molar-refractivity contribution in [2.75, 3.05) is 12.8 Å². The van der Waals surface area contributed by atoms with Gasteiger partial charge in [0.1, 0.15) is 12.1 Å². The molecule has 6 nitrogen and oxygen atoms in total. The number of fused-ring (bicyclic) bond motifs is 1. The van der Waals surface area contributed by atoms with Gasteiger partial charge in [0.25, 0.3) is 0 Å². The third-order valence-corrected chi connectivity index (χ3v) is 3.10. The van der Waals surface area contributed by atoms with Gasteiger partial charge in [0.15, 0.2) is 5.69 Å². The Hall–Kier alpha value is -2.89. The van der Waals surface area contributed by atoms with Crippen molar-refractivity contribution in [3.8, 4) is 5.69 Å². The predicted molar refractivity (Wildman–Crippen MR) is 74.6 cm³/mol. The molecule has 0 aliphatic heterocycles. The SMILES string of the molecule is COC(=O)c1ncn(-c2cccc3cnccc23)c1N. The summed E-state index contributed by atoms with van der Waals surface area (Å²) in [5, 5.41) is 1.96. The smallest absolute Gasteiger partial charge is 0.360 e. The number of pyridine rings is 1. The number of nitrogens with zero attached hydrogens (tertiary/aromatic N) is 3. The topological polar surface area (TPSA) is 83.0 Å². The molecule has 0 aliphatic carbocycles. The number of carbonyl (C=O) groups is 1. The molecule has 20 heavy (non-hydrogen) atoms. The zero-order valence-electron chi connectivity index (χ0n) is 10.8. The zero-order chi connectivity index (χ0) is 14.1. The third-order valence-electron chi connectivity index (χ3n) is 3.10. The van der Waals surface area contributed by atoms with Gasteiger partial charge in [-0.3, -0.25) is 9.55 Å². The van der Waals surface area contributed by atoms with E-state index in [0.717, 1.165) is 16.5 Å². The molecule has 0 saturated carbocycles. The van der Waals surface area contributed by atoms with Crippen LogP contribution in [0.5, 0.6) is 0 Å². The Morgan fingerprint density at radius 1 is 1.35 bits per heavy atom. The molecule has 1 aromatic carbocycles. The van der Waals surface area contributed by atoms with E-state index in [4.69, 9.17) is 5.73 Å². The Bertz CT molecular complexity index is 789. The summed E-state index contributed by atoms with van der Waals surface area (Å²) in [7, 11) is 1.30. The number of imidazole rings is 1. The summed E-state index contributed by atoms with van der Waals surface area (Å²) in [6, 6.07) is 7.65. The highest BCUT2D eigenvalue weighted by molar-refractivity contribution is 5.94. The molecule has 0 saturated heterocycles. The third kappa shape index (κ3) is 1.78. The van der Waals surface area contributed by atoms with Crippen molar-refractivity contribution < 1.29 is 9.53 Å². The Labute approximate surface area is 114 Å². The highest BCUT2D eigenvalue weighted by atomic mass is 16.5. The van der Waals surface area contributed by atoms with Gasteiger partial charge in [0.2, 0.25) is 0 Å². The summed E-state index contributed by atoms with van der Waals surface area (Å²) < 4.78 is 6.31. The lowest BCUT2D eigenvalue weighted by Gasteiger charge is -2.08. The fourth-order valence-electron chi connectivity index (χ4n) is 2.12. The fraction of sp³-hybridized carbons (Fsp3) is 0.0714. The van der Waals surface area contributed by atoms with Crippen LogP contribution in [0.4, 0.5) is 5.82 Å². The molecule has 0 spiro atoms. The maximum Gasteiger partial charge on any atom is 0.360 e. The molecule has 2 heterocycles. The number of hydrogen-bond donors (Lipinski definition) is 1. The number of carbonyl (C=O) groups excluding carboxylic acids is 1. The summed E-state index contributed by atoms with van der Waals surface area (Å²) in [5.74, 6) is -0.302. The molecule has 0 unspecified atom stereocenters. The molecule has 0 aliphatic rings. The number of nitrogen functional groups attached to an aromatic ring is 1. The van der Waals surface area contributed by atoms with E-state index >= 15 is 0 Å². The normalized spacial score (nSPS) is 10.7. The van der Waals surface area contributed by atoms with Gasteiger partial charge in [-0.15, -0.1) is 0 Å². The van der Waals surface area contributed by atoms with E-state index in [1.165, 1.54) is 13.4 Å². The van der Waals surface area contributed by atoms with E-state index in [-0.39, 0.29) is 11.5 Å². The first-order chi connectivity index (χ1) is 9.72. The van der Waals surface area contributed by atoms with Gasteiger partial charge in [-0.2, -0.15) is 0 Å². The van der Waals surface area contributed by atoms with Crippen molar-refractivity contribution in [2.45, 2.75) is 0 Å². The van der Waals surface area contributed by atoms with Crippen molar-refractivity contribution in [3.63, 3.8) is 0 Å². The minimum Gasteiger partial charge on any atom is -0.464 e. The lowest BCUT2D eigenvalue weighted by Crippen LogP contribution is -2.07. The molecule has 2 N–H and O–H groups in total. The number of rotatable bonds is 2. The van der Waals surface area contributed by atoms with Gasteiger partial charge in [-0.1, -0.05) is 12.1 Å². The van der Waals surface area contributed by atoms with Crippen molar-refractivity contribution in [1.82, 2.24) is 14.5 Å². The van der Waals surface area contributed by atoms with Gasteiger partial charge in [-0.25, -0.2) is 9.78 Å². The first-order valence-electron chi connectivity index (χ1n) is 5.96. The van der Waals surface area contributed by atoms with Crippen LogP contribution in [0, 0.1) is 0 Å². The largest absolute Gasteiger partial charge is 0.464 e. The lowest BCUT2D eigenvalue weighted by molar-refractivity contribution is 0.0596. The number of aromatic nitrogens is 3. The number of esters is 1. The van der Waals surface area contributed by atoms with E-state index < -0.39 is 5.97 Å². The number of anilines is 1. The Morgan fingerprint density at radius 2 is 2.20 bits per heavy atom. The second-order valence-corrected chi connectivity index (χ2v) is 4.21. The first kappa shape index (κ1) is 12.2. The predicted octanol–water partition coefficient (Wildman–Crippen LogP) is 1.79. The quantitative estimate of drug-likeness (QED) is 0.716. The Morgan fingerprint density at radius 3 is 3.00 bits per heavy atom. The minimum absolute atomic E-state index is 0.110. The van der Waals surface area contributed by atoms with Crippen LogP contribution in [0.2, 0.25) is 0 Å². The van der Waals surface area contributed by atoms with Gasteiger partial charge in [0, 0.05) is 23.2 Å². The molecular formula is C14H12N4O2. The number of hydrogen-bond acceptors (Lipinski definition) is 5. The van der Waals surface area contributed by atoms with E-state index in [9.17, 15) is 4.79 Å². The molecule has 0 bridgehead atoms. The van der Waals surface area contributed by atoms with Crippen LogP contribution >= 0.6 is 0 Å². The van der Waals surface area contributed by atoms with Crippen LogP contribution < -0.4 is 5.73 Å². The number of nitrogens with two attached hydrogens (primary N) is 1. The molecule has 2 aromatic heterocycles. The molecule has 3 aromatic rings. The van der Waals surface area contributed by atoms with Crippen molar-refractivity contribution in [3.05, 3.63) is 48.7 Å². The fourth-order valence-corrected chi connectivity index (χ4v) is 2.12. The molecule has 3 rings (SSSR count). The summed E-state index contributed by atoms with van der Waals surface area (Å²) in [5.41, 5.74) is 6.93. The molecule has 0 atom stereocenters. The highest BCUT2D eigenvalue weighted by Crippen LogP contribution is 2.25. The maximum absolute atomic E-state index is 11.6. The van der Waals surface area contributed by atoms with E-state index in [1.54, 1.807) is 17.0 Å². The van der Waals surface area contributed by atoms with Crippen molar-refractivity contribution >= 4 is 22.6 Å². The second-order valence-electron chi connectivity index (χ2n) is 4.21. The van der Waals surface area contributed by atoms with Gasteiger partial charge >= 0.3 is 5.97 Å². The minimum atomic E-state index is -0.553. The number of benzene rings is 1. The summed E-state index contributed by atoms with van der Waals surface area (Å²) >= 11 is 0. The monoisotopic (exact) mass is 268 g/mol. The molecule has 100 valence electrons. The Balaban J connectivity index is 2.22.